The van der Waals surface area contributed by atoms with Crippen LogP contribution in [0.1, 0.15) is 30.7 Å². The molecule has 1 unspecified atom stereocenters. The Kier molecular flexibility index (Phi) is 6.25. The summed E-state index contributed by atoms with van der Waals surface area (Å²) in [7, 11) is 3.82. The van der Waals surface area contributed by atoms with E-state index in [9.17, 15) is 0 Å². The first kappa shape index (κ1) is 15.9. The van der Waals surface area contributed by atoms with Crippen LogP contribution < -0.4 is 10.2 Å². The number of nitrogens with zero attached hydrogens (tertiary/aromatic N) is 2. The van der Waals surface area contributed by atoms with Gasteiger partial charge in [0.05, 0.1) is 12.6 Å². The van der Waals surface area contributed by atoms with Crippen LogP contribution in [0.4, 0.5) is 5.82 Å². The van der Waals surface area contributed by atoms with E-state index in [0.717, 1.165) is 24.6 Å². The molecule has 0 aliphatic carbocycles. The summed E-state index contributed by atoms with van der Waals surface area (Å²) >= 11 is 0. The van der Waals surface area contributed by atoms with Gasteiger partial charge >= 0.3 is 0 Å². The van der Waals surface area contributed by atoms with E-state index in [0.29, 0.717) is 12.6 Å². The molecule has 0 aromatic carbocycles. The summed E-state index contributed by atoms with van der Waals surface area (Å²) in [5.41, 5.74) is 3.63. The first-order chi connectivity index (χ1) is 9.01. The fourth-order valence-electron chi connectivity index (χ4n) is 2.17. The Morgan fingerprint density at radius 1 is 1.42 bits per heavy atom. The van der Waals surface area contributed by atoms with Crippen LogP contribution in [-0.2, 0) is 11.3 Å². The molecule has 1 heterocycles. The lowest BCUT2D eigenvalue weighted by molar-refractivity contribution is 0.183. The molecule has 0 radical (unpaired) electrons. The molecule has 0 spiro atoms. The molecule has 1 atom stereocenters. The fraction of sp³-hybridized carbons (Fsp3) is 0.667. The average Bonchev–Trinajstić information content (AvgIpc) is 2.36. The van der Waals surface area contributed by atoms with Gasteiger partial charge in [0.15, 0.2) is 0 Å². The number of aromatic nitrogens is 1. The van der Waals surface area contributed by atoms with E-state index in [-0.39, 0.29) is 0 Å². The first-order valence-corrected chi connectivity index (χ1v) is 6.90. The second-order valence-electron chi connectivity index (χ2n) is 5.08. The lowest BCUT2D eigenvalue weighted by atomic mass is 10.1. The molecular formula is C15H27N3O. The predicted molar refractivity (Wildman–Crippen MR) is 80.8 cm³/mol. The second kappa shape index (κ2) is 7.46. The molecule has 0 aliphatic heterocycles. The highest BCUT2D eigenvalue weighted by Crippen LogP contribution is 2.23. The van der Waals surface area contributed by atoms with Crippen molar-refractivity contribution in [1.82, 2.24) is 10.3 Å². The minimum atomic E-state index is 0.305. The predicted octanol–water partition coefficient (Wildman–Crippen LogP) is 2.28. The number of ether oxygens (including phenoxy) is 1. The van der Waals surface area contributed by atoms with E-state index in [2.05, 4.69) is 44.1 Å². The number of hydrogen-bond donors (Lipinski definition) is 1. The van der Waals surface area contributed by atoms with Gasteiger partial charge in [-0.05, 0) is 38.9 Å². The van der Waals surface area contributed by atoms with Gasteiger partial charge in [0.2, 0.25) is 0 Å². The summed E-state index contributed by atoms with van der Waals surface area (Å²) in [6.07, 6.45) is 0. The Hall–Kier alpha value is -1.13. The van der Waals surface area contributed by atoms with Crippen molar-refractivity contribution in [2.75, 3.05) is 32.2 Å². The Bertz CT molecular complexity index is 407. The molecule has 1 aromatic rings. The molecule has 4 nitrogen and oxygen atoms in total. The van der Waals surface area contributed by atoms with Crippen molar-refractivity contribution in [1.29, 1.82) is 0 Å². The van der Waals surface area contributed by atoms with Crippen LogP contribution in [0.15, 0.2) is 6.07 Å². The monoisotopic (exact) mass is 265 g/mol. The van der Waals surface area contributed by atoms with Gasteiger partial charge in [-0.2, -0.15) is 0 Å². The van der Waals surface area contributed by atoms with Crippen LogP contribution in [0, 0.1) is 13.8 Å². The maximum Gasteiger partial charge on any atom is 0.133 e. The lowest BCUT2D eigenvalue weighted by Crippen LogP contribution is -2.34. The highest BCUT2D eigenvalue weighted by Gasteiger charge is 2.17. The van der Waals surface area contributed by atoms with E-state index in [4.69, 9.17) is 9.72 Å². The van der Waals surface area contributed by atoms with Crippen molar-refractivity contribution in [3.05, 3.63) is 22.9 Å². The smallest absolute Gasteiger partial charge is 0.133 e. The zero-order chi connectivity index (χ0) is 14.4. The maximum absolute atomic E-state index is 5.24. The molecule has 0 aliphatic rings. The zero-order valence-corrected chi connectivity index (χ0v) is 13.1. The Morgan fingerprint density at radius 3 is 2.68 bits per heavy atom. The number of anilines is 1. The summed E-state index contributed by atoms with van der Waals surface area (Å²) in [5.74, 6) is 1.06. The molecule has 19 heavy (non-hydrogen) atoms. The molecule has 0 saturated heterocycles. The van der Waals surface area contributed by atoms with Gasteiger partial charge in [-0.3, -0.25) is 0 Å². The van der Waals surface area contributed by atoms with E-state index in [1.165, 1.54) is 11.1 Å². The average molecular weight is 265 g/mol. The Labute approximate surface area is 117 Å². The Morgan fingerprint density at radius 2 is 2.11 bits per heavy atom. The third kappa shape index (κ3) is 4.18. The molecule has 1 aromatic heterocycles. The van der Waals surface area contributed by atoms with Crippen LogP contribution in [0.2, 0.25) is 0 Å². The minimum Gasteiger partial charge on any atom is -0.383 e. The number of likely N-dealkylation sites (N-methyl/N-ethyl adjacent to an activating group) is 1. The molecule has 0 amide bonds. The normalized spacial score (nSPS) is 12.5. The molecular weight excluding hydrogens is 238 g/mol. The van der Waals surface area contributed by atoms with Crippen LogP contribution in [-0.4, -0.2) is 38.3 Å². The molecule has 4 heteroatoms. The topological polar surface area (TPSA) is 37.4 Å². The van der Waals surface area contributed by atoms with Gasteiger partial charge in [0, 0.05) is 32.0 Å². The quantitative estimate of drug-likeness (QED) is 0.821. The Balaban J connectivity index is 3.08. The number of pyridine rings is 1. The molecule has 0 bridgehead atoms. The molecule has 0 saturated carbocycles. The molecule has 0 fully saturated rings. The van der Waals surface area contributed by atoms with E-state index in [1.807, 2.05) is 6.92 Å². The zero-order valence-electron chi connectivity index (χ0n) is 13.1. The standard InChI is InChI=1S/C15H27N3O/c1-7-16-9-14-11(2)8-12(3)17-15(14)18(5)13(4)10-19-6/h8,13,16H,7,9-10H2,1-6H3. The number of methoxy groups -OCH3 is 1. The summed E-state index contributed by atoms with van der Waals surface area (Å²) < 4.78 is 5.24. The van der Waals surface area contributed by atoms with Crippen LogP contribution in [0.5, 0.6) is 0 Å². The van der Waals surface area contributed by atoms with Crippen LogP contribution in [0.3, 0.4) is 0 Å². The number of rotatable bonds is 7. The highest BCUT2D eigenvalue weighted by atomic mass is 16.5. The molecule has 108 valence electrons. The maximum atomic E-state index is 5.24. The van der Waals surface area contributed by atoms with Crippen molar-refractivity contribution in [2.24, 2.45) is 0 Å². The van der Waals surface area contributed by atoms with Gasteiger partial charge < -0.3 is 15.0 Å². The van der Waals surface area contributed by atoms with Gasteiger partial charge in [-0.15, -0.1) is 0 Å². The van der Waals surface area contributed by atoms with Crippen molar-refractivity contribution in [2.45, 2.75) is 40.3 Å². The SMILES string of the molecule is CCNCc1c(C)cc(C)nc1N(C)C(C)COC. The third-order valence-corrected chi connectivity index (χ3v) is 3.41. The second-order valence-corrected chi connectivity index (χ2v) is 5.08. The van der Waals surface area contributed by atoms with E-state index >= 15 is 0 Å². The number of hydrogen-bond acceptors (Lipinski definition) is 4. The summed E-state index contributed by atoms with van der Waals surface area (Å²) in [6.45, 7) is 11.0. The molecule has 1 N–H and O–H groups in total. The minimum absolute atomic E-state index is 0.305. The van der Waals surface area contributed by atoms with Gasteiger partial charge in [-0.25, -0.2) is 4.98 Å². The van der Waals surface area contributed by atoms with Crippen LogP contribution in [0.25, 0.3) is 0 Å². The number of aryl methyl sites for hydroxylation is 2. The van der Waals surface area contributed by atoms with Crippen LogP contribution >= 0.6 is 0 Å². The van der Waals surface area contributed by atoms with Gasteiger partial charge in [0.1, 0.15) is 5.82 Å². The summed E-state index contributed by atoms with van der Waals surface area (Å²) in [4.78, 5) is 6.93. The largest absolute Gasteiger partial charge is 0.383 e. The van der Waals surface area contributed by atoms with Crippen molar-refractivity contribution >= 4 is 5.82 Å². The highest BCUT2D eigenvalue weighted by molar-refractivity contribution is 5.51. The van der Waals surface area contributed by atoms with Crippen molar-refractivity contribution < 1.29 is 4.74 Å². The summed E-state index contributed by atoms with van der Waals surface area (Å²) in [6, 6.07) is 2.45. The van der Waals surface area contributed by atoms with Gasteiger partial charge in [-0.1, -0.05) is 6.92 Å². The summed E-state index contributed by atoms with van der Waals surface area (Å²) in [5, 5.41) is 3.39. The first-order valence-electron chi connectivity index (χ1n) is 6.90. The van der Waals surface area contributed by atoms with Crippen molar-refractivity contribution in [3.63, 3.8) is 0 Å². The number of nitrogens with one attached hydrogen (secondary N) is 1. The molecule has 1 rings (SSSR count). The van der Waals surface area contributed by atoms with Crippen molar-refractivity contribution in [3.8, 4) is 0 Å². The third-order valence-electron chi connectivity index (χ3n) is 3.41. The van der Waals surface area contributed by atoms with E-state index in [1.54, 1.807) is 7.11 Å². The van der Waals surface area contributed by atoms with Gasteiger partial charge in [0.25, 0.3) is 0 Å². The van der Waals surface area contributed by atoms with E-state index < -0.39 is 0 Å². The lowest BCUT2D eigenvalue weighted by Gasteiger charge is -2.28. The fourth-order valence-corrected chi connectivity index (χ4v) is 2.17.